The third kappa shape index (κ3) is 7.27. The van der Waals surface area contributed by atoms with Crippen LogP contribution in [0.15, 0.2) is 73.2 Å². The molecule has 0 amide bonds. The van der Waals surface area contributed by atoms with E-state index in [-0.39, 0.29) is 0 Å². The quantitative estimate of drug-likeness (QED) is 0.322. The van der Waals surface area contributed by atoms with Crippen LogP contribution in [0.1, 0.15) is 22.3 Å². The fraction of sp³-hybridized carbons (Fsp3) is 0.174. The van der Waals surface area contributed by atoms with Gasteiger partial charge in [0.1, 0.15) is 5.01 Å². The third-order valence-electron chi connectivity index (χ3n) is 4.16. The lowest BCUT2D eigenvalue weighted by Gasteiger charge is -2.05. The minimum absolute atomic E-state index is 0.562. The van der Waals surface area contributed by atoms with Crippen molar-refractivity contribution >= 4 is 22.8 Å². The maximum atomic E-state index is 10.5. The van der Waals surface area contributed by atoms with Crippen LogP contribution in [-0.2, 0) is 6.42 Å². The van der Waals surface area contributed by atoms with Crippen molar-refractivity contribution in [1.82, 2.24) is 20.2 Å². The summed E-state index contributed by atoms with van der Waals surface area (Å²) < 4.78 is 5.50. The summed E-state index contributed by atoms with van der Waals surface area (Å²) in [6.45, 7) is 0.627. The van der Waals surface area contributed by atoms with Gasteiger partial charge in [0.15, 0.2) is 6.29 Å². The molecule has 0 bridgehead atoms. The number of hydrogen-bond acceptors (Lipinski definition) is 8. The molecule has 1 aromatic carbocycles. The highest BCUT2D eigenvalue weighted by Crippen LogP contribution is 2.24. The van der Waals surface area contributed by atoms with Crippen molar-refractivity contribution in [3.8, 4) is 16.5 Å². The van der Waals surface area contributed by atoms with Crippen LogP contribution in [0.3, 0.4) is 0 Å². The fourth-order valence-electron chi connectivity index (χ4n) is 2.58. The number of aryl methyl sites for hydroxylation is 1. The van der Waals surface area contributed by atoms with Gasteiger partial charge in [0.25, 0.3) is 0 Å². The van der Waals surface area contributed by atoms with E-state index in [0.29, 0.717) is 18.1 Å². The molecule has 0 saturated carbocycles. The Kier molecular flexibility index (Phi) is 8.63. The van der Waals surface area contributed by atoms with E-state index < -0.39 is 0 Å². The minimum atomic E-state index is 0.562. The molecule has 4 aromatic rings. The molecule has 0 aliphatic carbocycles. The first kappa shape index (κ1) is 22.0. The van der Waals surface area contributed by atoms with Crippen molar-refractivity contribution in [3.05, 3.63) is 84.3 Å². The van der Waals surface area contributed by atoms with Gasteiger partial charge < -0.3 is 10.1 Å². The number of pyridine rings is 2. The van der Waals surface area contributed by atoms with Crippen molar-refractivity contribution in [1.29, 1.82) is 0 Å². The lowest BCUT2D eigenvalue weighted by atomic mass is 10.1. The van der Waals surface area contributed by atoms with Gasteiger partial charge in [0.05, 0.1) is 6.61 Å². The van der Waals surface area contributed by atoms with Gasteiger partial charge in [-0.2, -0.15) is 0 Å². The Balaban J connectivity index is 0.000000185. The molecule has 0 aliphatic rings. The SMILES string of the molecule is CNc1nnc(-c2ccncc2)s1.O=Cc1ccc(OCCCc2ccccc2)nc1. The number of nitrogens with zero attached hydrogens (tertiary/aromatic N) is 4. The summed E-state index contributed by atoms with van der Waals surface area (Å²) in [5.74, 6) is 0.564. The van der Waals surface area contributed by atoms with Gasteiger partial charge in [-0.1, -0.05) is 41.7 Å². The lowest BCUT2D eigenvalue weighted by Crippen LogP contribution is -2.01. The predicted molar refractivity (Wildman–Crippen MR) is 123 cm³/mol. The number of hydrogen-bond donors (Lipinski definition) is 1. The van der Waals surface area contributed by atoms with E-state index in [1.807, 2.05) is 37.4 Å². The Morgan fingerprint density at radius 2 is 1.84 bits per heavy atom. The van der Waals surface area contributed by atoms with Crippen LogP contribution in [-0.4, -0.2) is 40.1 Å². The Labute approximate surface area is 185 Å². The van der Waals surface area contributed by atoms with Crippen molar-refractivity contribution in [2.24, 2.45) is 0 Å². The summed E-state index contributed by atoms with van der Waals surface area (Å²) in [5, 5.41) is 12.7. The van der Waals surface area contributed by atoms with E-state index in [1.165, 1.54) is 23.1 Å². The summed E-state index contributed by atoms with van der Waals surface area (Å²) in [4.78, 5) is 18.4. The van der Waals surface area contributed by atoms with Crippen molar-refractivity contribution in [2.75, 3.05) is 19.0 Å². The molecular formula is C23H23N5O2S. The second-order valence-corrected chi connectivity index (χ2v) is 7.36. The molecule has 8 heteroatoms. The second kappa shape index (κ2) is 12.1. The summed E-state index contributed by atoms with van der Waals surface area (Å²) in [6, 6.07) is 17.6. The molecular weight excluding hydrogens is 410 g/mol. The molecule has 0 fully saturated rings. The first-order valence-electron chi connectivity index (χ1n) is 9.78. The van der Waals surface area contributed by atoms with E-state index in [1.54, 1.807) is 24.5 Å². The highest BCUT2D eigenvalue weighted by molar-refractivity contribution is 7.18. The zero-order valence-corrected chi connectivity index (χ0v) is 18.0. The van der Waals surface area contributed by atoms with Gasteiger partial charge >= 0.3 is 0 Å². The molecule has 31 heavy (non-hydrogen) atoms. The Bertz CT molecular complexity index is 1040. The van der Waals surface area contributed by atoms with E-state index in [9.17, 15) is 4.79 Å². The number of carbonyl (C=O) groups excluding carboxylic acids is 1. The van der Waals surface area contributed by atoms with Crippen LogP contribution in [0.5, 0.6) is 5.88 Å². The van der Waals surface area contributed by atoms with Gasteiger partial charge in [0.2, 0.25) is 11.0 Å². The maximum Gasteiger partial charge on any atom is 0.213 e. The number of aldehydes is 1. The molecule has 158 valence electrons. The predicted octanol–water partition coefficient (Wildman–Crippen LogP) is 4.55. The van der Waals surface area contributed by atoms with E-state index in [2.05, 4.69) is 37.6 Å². The van der Waals surface area contributed by atoms with Gasteiger partial charge in [-0.15, -0.1) is 10.2 Å². The summed E-state index contributed by atoms with van der Waals surface area (Å²) >= 11 is 1.52. The average Bonchev–Trinajstić information content (AvgIpc) is 3.33. The van der Waals surface area contributed by atoms with Crippen molar-refractivity contribution in [2.45, 2.75) is 12.8 Å². The summed E-state index contributed by atoms with van der Waals surface area (Å²) in [7, 11) is 1.83. The van der Waals surface area contributed by atoms with E-state index >= 15 is 0 Å². The fourth-order valence-corrected chi connectivity index (χ4v) is 3.28. The van der Waals surface area contributed by atoms with Crippen LogP contribution >= 0.6 is 11.3 Å². The Morgan fingerprint density at radius 3 is 2.48 bits per heavy atom. The highest BCUT2D eigenvalue weighted by atomic mass is 32.1. The smallest absolute Gasteiger partial charge is 0.213 e. The first-order valence-corrected chi connectivity index (χ1v) is 10.6. The van der Waals surface area contributed by atoms with Gasteiger partial charge in [-0.3, -0.25) is 9.78 Å². The van der Waals surface area contributed by atoms with Crippen LogP contribution in [0, 0.1) is 0 Å². The molecule has 0 atom stereocenters. The lowest BCUT2D eigenvalue weighted by molar-refractivity contribution is 0.112. The molecule has 4 rings (SSSR count). The maximum absolute atomic E-state index is 10.5. The Hall–Kier alpha value is -3.65. The molecule has 0 spiro atoms. The zero-order valence-electron chi connectivity index (χ0n) is 17.1. The molecule has 7 nitrogen and oxygen atoms in total. The van der Waals surface area contributed by atoms with Crippen LogP contribution in [0.25, 0.3) is 10.6 Å². The number of nitrogens with one attached hydrogen (secondary N) is 1. The standard InChI is InChI=1S/C15H15NO2.C8H8N4S/c17-12-14-8-9-15(16-11-14)18-10-4-7-13-5-2-1-3-6-13;1-9-8-12-11-7(13-8)6-2-4-10-5-3-6/h1-3,5-6,8-9,11-12H,4,7,10H2;2-5H,1H3,(H,9,12). The second-order valence-electron chi connectivity index (χ2n) is 6.38. The van der Waals surface area contributed by atoms with Crippen LogP contribution in [0.2, 0.25) is 0 Å². The van der Waals surface area contributed by atoms with Crippen molar-refractivity contribution in [3.63, 3.8) is 0 Å². The number of carbonyl (C=O) groups is 1. The van der Waals surface area contributed by atoms with E-state index in [0.717, 1.165) is 34.8 Å². The third-order valence-corrected chi connectivity index (χ3v) is 5.15. The number of benzene rings is 1. The molecule has 0 saturated heterocycles. The molecule has 1 N–H and O–H groups in total. The van der Waals surface area contributed by atoms with E-state index in [4.69, 9.17) is 4.74 Å². The molecule has 0 aliphatic heterocycles. The monoisotopic (exact) mass is 433 g/mol. The topological polar surface area (TPSA) is 89.9 Å². The van der Waals surface area contributed by atoms with Gasteiger partial charge in [-0.25, -0.2) is 4.98 Å². The number of aromatic nitrogens is 4. The molecule has 0 unspecified atom stereocenters. The Morgan fingerprint density at radius 1 is 1.03 bits per heavy atom. The zero-order chi connectivity index (χ0) is 21.7. The average molecular weight is 434 g/mol. The summed E-state index contributed by atoms with van der Waals surface area (Å²) in [5.41, 5.74) is 2.92. The highest BCUT2D eigenvalue weighted by Gasteiger charge is 2.03. The largest absolute Gasteiger partial charge is 0.478 e. The van der Waals surface area contributed by atoms with Gasteiger partial charge in [-0.05, 0) is 36.6 Å². The molecule has 0 radical (unpaired) electrons. The molecule has 3 aromatic heterocycles. The number of ether oxygens (including phenoxy) is 1. The minimum Gasteiger partial charge on any atom is -0.478 e. The van der Waals surface area contributed by atoms with Crippen LogP contribution < -0.4 is 10.1 Å². The number of anilines is 1. The number of rotatable bonds is 8. The van der Waals surface area contributed by atoms with Gasteiger partial charge in [0, 0.05) is 42.8 Å². The van der Waals surface area contributed by atoms with Crippen LogP contribution in [0.4, 0.5) is 5.13 Å². The first-order chi connectivity index (χ1) is 15.3. The summed E-state index contributed by atoms with van der Waals surface area (Å²) in [6.07, 6.45) is 7.71. The molecule has 3 heterocycles. The normalized spacial score (nSPS) is 9.97. The van der Waals surface area contributed by atoms with Crippen molar-refractivity contribution < 1.29 is 9.53 Å².